The molecule has 1 amide bonds. The molecule has 1 aliphatic rings. The van der Waals surface area contributed by atoms with Gasteiger partial charge in [0.25, 0.3) is 5.91 Å². The molecule has 1 heterocycles. The van der Waals surface area contributed by atoms with Crippen molar-refractivity contribution >= 4 is 5.91 Å². The third kappa shape index (κ3) is 2.48. The first-order valence-corrected chi connectivity index (χ1v) is 6.30. The number of fused-ring (bicyclic) bond motifs is 1. The van der Waals surface area contributed by atoms with Crippen LogP contribution < -0.4 is 10.1 Å². The zero-order valence-electron chi connectivity index (χ0n) is 10.7. The van der Waals surface area contributed by atoms with Crippen molar-refractivity contribution in [1.29, 1.82) is 0 Å². The van der Waals surface area contributed by atoms with E-state index in [0.717, 1.165) is 11.3 Å². The van der Waals surface area contributed by atoms with E-state index < -0.39 is 6.10 Å². The van der Waals surface area contributed by atoms with E-state index >= 15 is 0 Å². The summed E-state index contributed by atoms with van der Waals surface area (Å²) in [5.41, 5.74) is 1.08. The number of benzene rings is 1. The fraction of sp³-hybridized carbons (Fsp3) is 0.500. The third-order valence-corrected chi connectivity index (χ3v) is 3.33. The van der Waals surface area contributed by atoms with Crippen LogP contribution in [0.2, 0.25) is 0 Å². The molecule has 3 atom stereocenters. The first-order valence-electron chi connectivity index (χ1n) is 6.30. The zero-order chi connectivity index (χ0) is 13.1. The van der Waals surface area contributed by atoms with Crippen molar-refractivity contribution in [2.24, 2.45) is 0 Å². The van der Waals surface area contributed by atoms with Gasteiger partial charge in [-0.05, 0) is 19.4 Å². The Bertz CT molecular complexity index is 433. The number of para-hydroxylation sites is 1. The maximum atomic E-state index is 12.1. The molecule has 0 saturated carbocycles. The highest BCUT2D eigenvalue weighted by Gasteiger charge is 2.36. The molecule has 4 heteroatoms. The number of hydrogen-bond donors (Lipinski definition) is 2. The molecule has 0 aliphatic carbocycles. The van der Waals surface area contributed by atoms with E-state index in [1.54, 1.807) is 0 Å². The minimum absolute atomic E-state index is 0.0398. The van der Waals surface area contributed by atoms with Crippen LogP contribution >= 0.6 is 0 Å². The highest BCUT2D eigenvalue weighted by atomic mass is 16.5. The Hall–Kier alpha value is -1.55. The van der Waals surface area contributed by atoms with Crippen LogP contribution in [0.5, 0.6) is 5.75 Å². The third-order valence-electron chi connectivity index (χ3n) is 3.33. The maximum absolute atomic E-state index is 12.1. The Labute approximate surface area is 107 Å². The smallest absolute Gasteiger partial charge is 0.261 e. The van der Waals surface area contributed by atoms with Crippen molar-refractivity contribution in [3.63, 3.8) is 0 Å². The molecule has 1 aromatic rings. The highest BCUT2D eigenvalue weighted by molar-refractivity contribution is 5.83. The van der Waals surface area contributed by atoms with Gasteiger partial charge in [0.15, 0.2) is 6.10 Å². The number of amides is 1. The first kappa shape index (κ1) is 12.9. The fourth-order valence-corrected chi connectivity index (χ4v) is 2.24. The molecule has 2 rings (SSSR count). The molecule has 0 bridgehead atoms. The molecule has 0 aromatic heterocycles. The lowest BCUT2D eigenvalue weighted by Gasteiger charge is -2.18. The lowest BCUT2D eigenvalue weighted by atomic mass is 9.97. The number of nitrogens with one attached hydrogen (secondary N) is 1. The van der Waals surface area contributed by atoms with Crippen LogP contribution in [0.15, 0.2) is 24.3 Å². The van der Waals surface area contributed by atoms with Gasteiger partial charge in [0.1, 0.15) is 5.75 Å². The molecule has 0 radical (unpaired) electrons. The fourth-order valence-electron chi connectivity index (χ4n) is 2.24. The van der Waals surface area contributed by atoms with Crippen LogP contribution in [0.3, 0.4) is 0 Å². The lowest BCUT2D eigenvalue weighted by Crippen LogP contribution is -2.43. The van der Waals surface area contributed by atoms with Gasteiger partial charge < -0.3 is 15.2 Å². The molecule has 3 unspecified atom stereocenters. The summed E-state index contributed by atoms with van der Waals surface area (Å²) >= 11 is 0. The molecular weight excluding hydrogens is 230 g/mol. The van der Waals surface area contributed by atoms with E-state index in [0.29, 0.717) is 6.42 Å². The number of ether oxygens (including phenoxy) is 1. The van der Waals surface area contributed by atoms with Gasteiger partial charge in [0.05, 0.1) is 0 Å². The number of aliphatic hydroxyl groups is 1. The average molecular weight is 249 g/mol. The van der Waals surface area contributed by atoms with Crippen molar-refractivity contribution in [1.82, 2.24) is 5.32 Å². The number of hydrogen-bond acceptors (Lipinski definition) is 3. The van der Waals surface area contributed by atoms with E-state index in [2.05, 4.69) is 5.32 Å². The van der Waals surface area contributed by atoms with Crippen LogP contribution in [0.4, 0.5) is 0 Å². The summed E-state index contributed by atoms with van der Waals surface area (Å²) in [6, 6.07) is 7.69. The van der Waals surface area contributed by atoms with Gasteiger partial charge in [0.2, 0.25) is 0 Å². The second-order valence-electron chi connectivity index (χ2n) is 4.79. The van der Waals surface area contributed by atoms with Crippen LogP contribution in [0.25, 0.3) is 0 Å². The summed E-state index contributed by atoms with van der Waals surface area (Å²) in [5, 5.41) is 11.7. The topological polar surface area (TPSA) is 58.6 Å². The van der Waals surface area contributed by atoms with E-state index in [9.17, 15) is 4.79 Å². The summed E-state index contributed by atoms with van der Waals surface area (Å²) in [7, 11) is 0. The Morgan fingerprint density at radius 1 is 1.50 bits per heavy atom. The van der Waals surface area contributed by atoms with Crippen molar-refractivity contribution < 1.29 is 14.6 Å². The van der Waals surface area contributed by atoms with Gasteiger partial charge in [-0.2, -0.15) is 0 Å². The normalized spacial score (nSPS) is 23.1. The molecule has 4 nitrogen and oxygen atoms in total. The monoisotopic (exact) mass is 249 g/mol. The molecule has 1 aromatic carbocycles. The summed E-state index contributed by atoms with van der Waals surface area (Å²) < 4.78 is 5.69. The zero-order valence-corrected chi connectivity index (χ0v) is 10.7. The van der Waals surface area contributed by atoms with Crippen LogP contribution in [0, 0.1) is 0 Å². The standard InChI is InChI=1S/C14H19NO3/c1-9(7-8-16)15-14(17)13-10(2)11-5-3-4-6-12(11)18-13/h3-6,9-10,13,16H,7-8H2,1-2H3,(H,15,17). The molecule has 98 valence electrons. The van der Waals surface area contributed by atoms with Crippen LogP contribution in [-0.4, -0.2) is 29.8 Å². The van der Waals surface area contributed by atoms with Gasteiger partial charge in [-0.15, -0.1) is 0 Å². The molecule has 18 heavy (non-hydrogen) atoms. The van der Waals surface area contributed by atoms with E-state index in [4.69, 9.17) is 9.84 Å². The van der Waals surface area contributed by atoms with Crippen molar-refractivity contribution in [3.05, 3.63) is 29.8 Å². The van der Waals surface area contributed by atoms with Crippen LogP contribution in [-0.2, 0) is 4.79 Å². The Balaban J connectivity index is 2.02. The van der Waals surface area contributed by atoms with Gasteiger partial charge in [-0.25, -0.2) is 0 Å². The second kappa shape index (κ2) is 5.40. The summed E-state index contributed by atoms with van der Waals surface area (Å²) in [6.45, 7) is 3.94. The predicted molar refractivity (Wildman–Crippen MR) is 68.6 cm³/mol. The van der Waals surface area contributed by atoms with E-state index in [-0.39, 0.29) is 24.5 Å². The van der Waals surface area contributed by atoms with Gasteiger partial charge in [0, 0.05) is 24.1 Å². The predicted octanol–water partition coefficient (Wildman–Crippen LogP) is 1.44. The van der Waals surface area contributed by atoms with Crippen molar-refractivity contribution in [3.8, 4) is 5.75 Å². The summed E-state index contributed by atoms with van der Waals surface area (Å²) in [6.07, 6.45) is 0.0864. The maximum Gasteiger partial charge on any atom is 0.261 e. The number of aliphatic hydroxyl groups excluding tert-OH is 1. The second-order valence-corrected chi connectivity index (χ2v) is 4.79. The molecule has 0 fully saturated rings. The molecule has 1 aliphatic heterocycles. The first-order chi connectivity index (χ1) is 8.63. The average Bonchev–Trinajstić information content (AvgIpc) is 2.68. The molecule has 0 spiro atoms. The van der Waals surface area contributed by atoms with E-state index in [1.807, 2.05) is 38.1 Å². The van der Waals surface area contributed by atoms with Gasteiger partial charge in [-0.1, -0.05) is 25.1 Å². The molecular formula is C14H19NO3. The van der Waals surface area contributed by atoms with Gasteiger partial charge >= 0.3 is 0 Å². The molecule has 2 N–H and O–H groups in total. The highest BCUT2D eigenvalue weighted by Crippen LogP contribution is 2.37. The minimum atomic E-state index is -0.469. The summed E-state index contributed by atoms with van der Waals surface area (Å²) in [5.74, 6) is 0.738. The van der Waals surface area contributed by atoms with Crippen molar-refractivity contribution in [2.45, 2.75) is 38.3 Å². The Morgan fingerprint density at radius 2 is 2.22 bits per heavy atom. The number of carbonyl (C=O) groups excluding carboxylic acids is 1. The number of carbonyl (C=O) groups is 1. The SMILES string of the molecule is CC(CCO)NC(=O)C1Oc2ccccc2C1C. The minimum Gasteiger partial charge on any atom is -0.480 e. The lowest BCUT2D eigenvalue weighted by molar-refractivity contribution is -0.128. The van der Waals surface area contributed by atoms with E-state index in [1.165, 1.54) is 0 Å². The van der Waals surface area contributed by atoms with Crippen LogP contribution in [0.1, 0.15) is 31.7 Å². The Morgan fingerprint density at radius 3 is 2.89 bits per heavy atom. The summed E-state index contributed by atoms with van der Waals surface area (Å²) in [4.78, 5) is 12.1. The van der Waals surface area contributed by atoms with Gasteiger partial charge in [-0.3, -0.25) is 4.79 Å². The quantitative estimate of drug-likeness (QED) is 0.849. The molecule has 0 saturated heterocycles. The van der Waals surface area contributed by atoms with Crippen molar-refractivity contribution in [2.75, 3.05) is 6.61 Å². The number of rotatable bonds is 4. The largest absolute Gasteiger partial charge is 0.480 e. The Kier molecular flexibility index (Phi) is 3.87.